The second kappa shape index (κ2) is 8.23. The number of ether oxygens (including phenoxy) is 3. The number of anilines is 1. The molecule has 0 radical (unpaired) electrons. The topological polar surface area (TPSA) is 97.7 Å². The van der Waals surface area contributed by atoms with E-state index in [1.54, 1.807) is 42.5 Å². The Hall–Kier alpha value is -3.53. The van der Waals surface area contributed by atoms with E-state index in [4.69, 9.17) is 19.5 Å². The van der Waals surface area contributed by atoms with Crippen LogP contribution >= 0.6 is 0 Å². The number of rotatable bonds is 5. The van der Waals surface area contributed by atoms with Gasteiger partial charge in [-0.3, -0.25) is 9.59 Å². The third-order valence-corrected chi connectivity index (χ3v) is 3.89. The monoisotopic (exact) mass is 366 g/mol. The van der Waals surface area contributed by atoms with Gasteiger partial charge in [0.05, 0.1) is 18.1 Å². The number of carbonyl (C=O) groups is 2. The molecule has 0 unspecified atom stereocenters. The Balaban J connectivity index is 1.55. The highest BCUT2D eigenvalue weighted by Crippen LogP contribution is 2.30. The van der Waals surface area contributed by atoms with Gasteiger partial charge in [0.2, 0.25) is 0 Å². The Morgan fingerprint density at radius 3 is 2.74 bits per heavy atom. The average Bonchev–Trinajstić information content (AvgIpc) is 2.67. The van der Waals surface area contributed by atoms with Crippen LogP contribution in [0.1, 0.15) is 18.1 Å². The summed E-state index contributed by atoms with van der Waals surface area (Å²) in [7, 11) is 0. The number of nitriles is 1. The summed E-state index contributed by atoms with van der Waals surface area (Å²) in [5, 5.41) is 11.5. The molecule has 1 aliphatic heterocycles. The lowest BCUT2D eigenvalue weighted by atomic mass is 10.1. The van der Waals surface area contributed by atoms with Crippen LogP contribution in [0.25, 0.3) is 0 Å². The number of benzene rings is 2. The smallest absolute Gasteiger partial charge is 0.311 e. The van der Waals surface area contributed by atoms with Crippen molar-refractivity contribution < 1.29 is 23.8 Å². The van der Waals surface area contributed by atoms with Gasteiger partial charge in [0.1, 0.15) is 13.2 Å². The molecule has 138 valence electrons. The summed E-state index contributed by atoms with van der Waals surface area (Å²) in [6.07, 6.45) is -0.960. The number of carbonyl (C=O) groups excluding carboxylic acids is 2. The summed E-state index contributed by atoms with van der Waals surface area (Å²) >= 11 is 0. The molecule has 7 heteroatoms. The van der Waals surface area contributed by atoms with Crippen LogP contribution in [0, 0.1) is 11.3 Å². The summed E-state index contributed by atoms with van der Waals surface area (Å²) in [5.41, 5.74) is 1.60. The summed E-state index contributed by atoms with van der Waals surface area (Å²) < 4.78 is 16.1. The van der Waals surface area contributed by atoms with E-state index in [0.29, 0.717) is 41.5 Å². The van der Waals surface area contributed by atoms with Crippen molar-refractivity contribution in [2.75, 3.05) is 18.5 Å². The first kappa shape index (κ1) is 18.3. The van der Waals surface area contributed by atoms with E-state index in [1.807, 2.05) is 6.07 Å². The molecule has 7 nitrogen and oxygen atoms in total. The molecule has 0 saturated heterocycles. The summed E-state index contributed by atoms with van der Waals surface area (Å²) in [6.45, 7) is 2.45. The standard InChI is InChI=1S/C20H18N2O5/c1-13(20(24)22-16-4-2-3-15(9-16)12-21)27-19(23)11-14-5-6-17-18(10-14)26-8-7-25-17/h2-6,9-10,13H,7-8,11H2,1H3,(H,22,24)/t13-/m1/s1. The molecule has 1 aliphatic rings. The first-order valence-corrected chi connectivity index (χ1v) is 8.44. The van der Waals surface area contributed by atoms with Gasteiger partial charge in [0.25, 0.3) is 5.91 Å². The summed E-state index contributed by atoms with van der Waals surface area (Å²) in [5.74, 6) is 0.237. The van der Waals surface area contributed by atoms with Crippen LogP contribution in [0.5, 0.6) is 11.5 Å². The van der Waals surface area contributed by atoms with E-state index < -0.39 is 18.0 Å². The van der Waals surface area contributed by atoms with Crippen molar-refractivity contribution in [2.24, 2.45) is 0 Å². The Labute approximate surface area is 156 Å². The van der Waals surface area contributed by atoms with E-state index in [1.165, 1.54) is 6.92 Å². The SMILES string of the molecule is C[C@@H](OC(=O)Cc1ccc2c(c1)OCCO2)C(=O)Nc1cccc(C#N)c1. The van der Waals surface area contributed by atoms with Crippen LogP contribution in [0.15, 0.2) is 42.5 Å². The predicted molar refractivity (Wildman–Crippen MR) is 96.5 cm³/mol. The van der Waals surface area contributed by atoms with Gasteiger partial charge in [0.15, 0.2) is 17.6 Å². The molecule has 2 aromatic rings. The van der Waals surface area contributed by atoms with Crippen molar-refractivity contribution in [2.45, 2.75) is 19.4 Å². The minimum atomic E-state index is -0.972. The minimum Gasteiger partial charge on any atom is -0.486 e. The molecule has 0 aliphatic carbocycles. The van der Waals surface area contributed by atoms with Gasteiger partial charge in [-0.2, -0.15) is 5.26 Å². The van der Waals surface area contributed by atoms with Crippen molar-refractivity contribution in [3.8, 4) is 17.6 Å². The second-order valence-corrected chi connectivity index (χ2v) is 5.97. The van der Waals surface area contributed by atoms with Crippen LogP contribution in [0.3, 0.4) is 0 Å². The van der Waals surface area contributed by atoms with Crippen molar-refractivity contribution >= 4 is 17.6 Å². The number of nitrogens with zero attached hydrogens (tertiary/aromatic N) is 1. The van der Waals surface area contributed by atoms with E-state index in [0.717, 1.165) is 0 Å². The van der Waals surface area contributed by atoms with Gasteiger partial charge >= 0.3 is 5.97 Å². The van der Waals surface area contributed by atoms with E-state index in [2.05, 4.69) is 5.32 Å². The molecule has 27 heavy (non-hydrogen) atoms. The maximum absolute atomic E-state index is 12.2. The van der Waals surface area contributed by atoms with E-state index in [-0.39, 0.29) is 6.42 Å². The first-order chi connectivity index (χ1) is 13.0. The molecule has 1 amide bonds. The van der Waals surface area contributed by atoms with Gasteiger partial charge in [-0.1, -0.05) is 12.1 Å². The van der Waals surface area contributed by atoms with Gasteiger partial charge < -0.3 is 19.5 Å². The van der Waals surface area contributed by atoms with Gasteiger partial charge in [-0.25, -0.2) is 0 Å². The number of nitrogens with one attached hydrogen (secondary N) is 1. The maximum Gasteiger partial charge on any atom is 0.311 e. The Bertz CT molecular complexity index is 903. The first-order valence-electron chi connectivity index (χ1n) is 8.44. The lowest BCUT2D eigenvalue weighted by Gasteiger charge is -2.19. The fourth-order valence-electron chi connectivity index (χ4n) is 2.57. The van der Waals surface area contributed by atoms with E-state index >= 15 is 0 Å². The molecular formula is C20H18N2O5. The van der Waals surface area contributed by atoms with Crippen LogP contribution in [-0.4, -0.2) is 31.2 Å². The minimum absolute atomic E-state index is 0.0121. The lowest BCUT2D eigenvalue weighted by Crippen LogP contribution is -2.30. The fourth-order valence-corrected chi connectivity index (χ4v) is 2.57. The normalized spacial score (nSPS) is 13.2. The van der Waals surface area contributed by atoms with Crippen LogP contribution in [0.4, 0.5) is 5.69 Å². The van der Waals surface area contributed by atoms with Crippen molar-refractivity contribution in [3.05, 3.63) is 53.6 Å². The van der Waals surface area contributed by atoms with Gasteiger partial charge in [-0.15, -0.1) is 0 Å². The zero-order chi connectivity index (χ0) is 19.2. The van der Waals surface area contributed by atoms with Crippen LogP contribution in [-0.2, 0) is 20.7 Å². The molecular weight excluding hydrogens is 348 g/mol. The van der Waals surface area contributed by atoms with Crippen molar-refractivity contribution in [3.63, 3.8) is 0 Å². The zero-order valence-electron chi connectivity index (χ0n) is 14.7. The lowest BCUT2D eigenvalue weighted by molar-refractivity contribution is -0.152. The van der Waals surface area contributed by atoms with Gasteiger partial charge in [-0.05, 0) is 42.8 Å². The summed E-state index contributed by atoms with van der Waals surface area (Å²) in [6, 6.07) is 13.7. The third kappa shape index (κ3) is 4.76. The number of hydrogen-bond donors (Lipinski definition) is 1. The molecule has 0 spiro atoms. The highest BCUT2D eigenvalue weighted by molar-refractivity contribution is 5.95. The zero-order valence-corrected chi connectivity index (χ0v) is 14.7. The molecule has 0 bridgehead atoms. The highest BCUT2D eigenvalue weighted by Gasteiger charge is 2.19. The molecule has 1 N–H and O–H groups in total. The molecule has 3 rings (SSSR count). The molecule has 0 aromatic heterocycles. The Kier molecular flexibility index (Phi) is 5.57. The summed E-state index contributed by atoms with van der Waals surface area (Å²) in [4.78, 5) is 24.3. The fraction of sp³-hybridized carbons (Fsp3) is 0.250. The van der Waals surface area contributed by atoms with Gasteiger partial charge in [0, 0.05) is 5.69 Å². The Morgan fingerprint density at radius 1 is 1.19 bits per heavy atom. The number of amides is 1. The molecule has 0 fully saturated rings. The quantitative estimate of drug-likeness (QED) is 0.816. The highest BCUT2D eigenvalue weighted by atomic mass is 16.6. The third-order valence-electron chi connectivity index (χ3n) is 3.89. The molecule has 1 atom stereocenters. The number of esters is 1. The maximum atomic E-state index is 12.2. The van der Waals surface area contributed by atoms with E-state index in [9.17, 15) is 9.59 Å². The van der Waals surface area contributed by atoms with Crippen LogP contribution < -0.4 is 14.8 Å². The Morgan fingerprint density at radius 2 is 1.96 bits per heavy atom. The molecule has 1 heterocycles. The largest absolute Gasteiger partial charge is 0.486 e. The molecule has 0 saturated carbocycles. The van der Waals surface area contributed by atoms with Crippen molar-refractivity contribution in [1.82, 2.24) is 0 Å². The van der Waals surface area contributed by atoms with Crippen LogP contribution in [0.2, 0.25) is 0 Å². The predicted octanol–water partition coefficient (Wildman–Crippen LogP) is 2.44. The second-order valence-electron chi connectivity index (χ2n) is 5.97. The number of hydrogen-bond acceptors (Lipinski definition) is 6. The molecule has 2 aromatic carbocycles. The number of fused-ring (bicyclic) bond motifs is 1. The van der Waals surface area contributed by atoms with Crippen molar-refractivity contribution in [1.29, 1.82) is 5.26 Å². The average molecular weight is 366 g/mol.